The maximum Gasteiger partial charge on any atom is 0.326 e. The molecular formula is C26H22FN3O4S. The smallest absolute Gasteiger partial charge is 0.326 e. The molecule has 0 aliphatic carbocycles. The van der Waals surface area contributed by atoms with E-state index in [-0.39, 0.29) is 23.4 Å². The Labute approximate surface area is 202 Å². The lowest BCUT2D eigenvalue weighted by Crippen LogP contribution is -2.30. The minimum atomic E-state index is -4.23. The number of ether oxygens (including phenoxy) is 1. The SMILES string of the molecule is O=C1CN(c2c(OCc3ccccc3)cc3cc(NCc4ccccc4)ccc3c2F)S(=O)(=O)N1. The van der Waals surface area contributed by atoms with Crippen LogP contribution in [0.3, 0.4) is 0 Å². The van der Waals surface area contributed by atoms with Gasteiger partial charge in [0, 0.05) is 17.6 Å². The lowest BCUT2D eigenvalue weighted by atomic mass is 10.1. The molecule has 7 nitrogen and oxygen atoms in total. The zero-order valence-corrected chi connectivity index (χ0v) is 19.4. The number of benzene rings is 4. The van der Waals surface area contributed by atoms with Gasteiger partial charge in [0.05, 0.1) is 0 Å². The average molecular weight is 492 g/mol. The number of nitrogens with one attached hydrogen (secondary N) is 2. The fourth-order valence-electron chi connectivity index (χ4n) is 3.96. The van der Waals surface area contributed by atoms with Gasteiger partial charge in [-0.25, -0.2) is 13.4 Å². The Morgan fingerprint density at radius 2 is 1.63 bits per heavy atom. The molecule has 1 aliphatic heterocycles. The third-order valence-corrected chi connectivity index (χ3v) is 7.04. The fraction of sp³-hybridized carbons (Fsp3) is 0.115. The summed E-state index contributed by atoms with van der Waals surface area (Å²) in [7, 11) is -4.23. The van der Waals surface area contributed by atoms with E-state index in [0.29, 0.717) is 16.2 Å². The number of carbonyl (C=O) groups is 1. The maximum atomic E-state index is 15.8. The molecule has 178 valence electrons. The lowest BCUT2D eigenvalue weighted by Gasteiger charge is -2.21. The van der Waals surface area contributed by atoms with E-state index in [0.717, 1.165) is 16.8 Å². The Balaban J connectivity index is 1.54. The first-order chi connectivity index (χ1) is 16.9. The Kier molecular flexibility index (Phi) is 6.00. The van der Waals surface area contributed by atoms with Crippen molar-refractivity contribution in [3.8, 4) is 5.75 Å². The van der Waals surface area contributed by atoms with Crippen LogP contribution in [0.5, 0.6) is 5.75 Å². The molecule has 0 unspecified atom stereocenters. The number of halogens is 1. The lowest BCUT2D eigenvalue weighted by molar-refractivity contribution is -0.117. The Hall–Kier alpha value is -4.11. The van der Waals surface area contributed by atoms with Crippen molar-refractivity contribution >= 4 is 38.3 Å². The van der Waals surface area contributed by atoms with Crippen LogP contribution in [0.1, 0.15) is 11.1 Å². The van der Waals surface area contributed by atoms with Gasteiger partial charge in [0.2, 0.25) is 0 Å². The van der Waals surface area contributed by atoms with E-state index >= 15 is 4.39 Å². The van der Waals surface area contributed by atoms with E-state index in [1.807, 2.05) is 65.4 Å². The van der Waals surface area contributed by atoms with Gasteiger partial charge in [-0.1, -0.05) is 60.7 Å². The highest BCUT2D eigenvalue weighted by atomic mass is 32.2. The molecule has 1 saturated heterocycles. The van der Waals surface area contributed by atoms with Crippen LogP contribution in [0.25, 0.3) is 10.8 Å². The standard InChI is InChI=1S/C26H22FN3O4S/c27-25-22-12-11-21(28-15-18-7-3-1-4-8-18)13-20(22)14-23(34-17-19-9-5-2-6-10-19)26(25)30-16-24(31)29-35(30,32)33/h1-14,28H,15-17H2,(H,29,31). The summed E-state index contributed by atoms with van der Waals surface area (Å²) in [5.41, 5.74) is 2.40. The Morgan fingerprint density at radius 3 is 2.29 bits per heavy atom. The molecule has 0 bridgehead atoms. The zero-order chi connectivity index (χ0) is 24.4. The van der Waals surface area contributed by atoms with Crippen molar-refractivity contribution in [2.45, 2.75) is 13.2 Å². The van der Waals surface area contributed by atoms with E-state index in [1.165, 1.54) is 0 Å². The Bertz CT molecular complexity index is 1500. The van der Waals surface area contributed by atoms with E-state index in [4.69, 9.17) is 4.74 Å². The van der Waals surface area contributed by atoms with Gasteiger partial charge >= 0.3 is 10.2 Å². The molecule has 5 rings (SSSR count). The summed E-state index contributed by atoms with van der Waals surface area (Å²) in [4.78, 5) is 11.8. The molecule has 1 fully saturated rings. The van der Waals surface area contributed by atoms with Crippen molar-refractivity contribution in [1.82, 2.24) is 4.72 Å². The van der Waals surface area contributed by atoms with Crippen molar-refractivity contribution in [3.63, 3.8) is 0 Å². The number of rotatable bonds is 7. The number of fused-ring (bicyclic) bond motifs is 1. The van der Waals surface area contributed by atoms with Gasteiger partial charge in [-0.05, 0) is 40.8 Å². The first-order valence-electron chi connectivity index (χ1n) is 10.9. The minimum absolute atomic E-state index is 0.0270. The van der Waals surface area contributed by atoms with Gasteiger partial charge in [-0.15, -0.1) is 0 Å². The van der Waals surface area contributed by atoms with Gasteiger partial charge in [0.25, 0.3) is 5.91 Å². The largest absolute Gasteiger partial charge is 0.487 e. The van der Waals surface area contributed by atoms with Gasteiger partial charge in [0.15, 0.2) is 5.82 Å². The van der Waals surface area contributed by atoms with E-state index < -0.39 is 28.5 Å². The normalized spacial score (nSPS) is 14.7. The number of carbonyl (C=O) groups excluding carboxylic acids is 1. The Morgan fingerprint density at radius 1 is 0.943 bits per heavy atom. The predicted octanol–water partition coefficient (Wildman–Crippen LogP) is 4.35. The second-order valence-corrected chi connectivity index (χ2v) is 9.72. The van der Waals surface area contributed by atoms with Crippen LogP contribution in [-0.4, -0.2) is 20.9 Å². The quantitative estimate of drug-likeness (QED) is 0.401. The van der Waals surface area contributed by atoms with E-state index in [1.54, 1.807) is 24.3 Å². The second kappa shape index (κ2) is 9.27. The fourth-order valence-corrected chi connectivity index (χ4v) is 5.12. The van der Waals surface area contributed by atoms with Crippen LogP contribution in [0.4, 0.5) is 15.8 Å². The van der Waals surface area contributed by atoms with Crippen molar-refractivity contribution < 1.29 is 22.3 Å². The summed E-state index contributed by atoms with van der Waals surface area (Å²) in [6, 6.07) is 25.8. The summed E-state index contributed by atoms with van der Waals surface area (Å²) >= 11 is 0. The van der Waals surface area contributed by atoms with Gasteiger partial charge in [-0.2, -0.15) is 8.42 Å². The summed E-state index contributed by atoms with van der Waals surface area (Å²) in [6.45, 7) is 0.160. The molecule has 1 amide bonds. The number of amides is 1. The summed E-state index contributed by atoms with van der Waals surface area (Å²) in [5.74, 6) is -1.49. The molecule has 2 N–H and O–H groups in total. The molecule has 0 saturated carbocycles. The van der Waals surface area contributed by atoms with Gasteiger partial charge < -0.3 is 10.1 Å². The molecule has 0 radical (unpaired) electrons. The van der Waals surface area contributed by atoms with E-state index in [9.17, 15) is 13.2 Å². The molecular weight excluding hydrogens is 469 g/mol. The monoisotopic (exact) mass is 491 g/mol. The van der Waals surface area contributed by atoms with Crippen LogP contribution < -0.4 is 19.1 Å². The number of nitrogens with zero attached hydrogens (tertiary/aromatic N) is 1. The topological polar surface area (TPSA) is 87.7 Å². The molecule has 1 aliphatic rings. The van der Waals surface area contributed by atoms with E-state index in [2.05, 4.69) is 5.32 Å². The first-order valence-corrected chi connectivity index (χ1v) is 12.4. The third-order valence-electron chi connectivity index (χ3n) is 5.66. The van der Waals surface area contributed by atoms with Gasteiger partial charge in [-0.3, -0.25) is 4.79 Å². The van der Waals surface area contributed by atoms with Crippen LogP contribution >= 0.6 is 0 Å². The van der Waals surface area contributed by atoms with Gasteiger partial charge in [0.1, 0.15) is 24.6 Å². The molecule has 0 aromatic heterocycles. The van der Waals surface area contributed by atoms with Crippen molar-refractivity contribution in [1.29, 1.82) is 0 Å². The molecule has 0 spiro atoms. The maximum absolute atomic E-state index is 15.8. The van der Waals surface area contributed by atoms with Crippen LogP contribution in [0.2, 0.25) is 0 Å². The molecule has 35 heavy (non-hydrogen) atoms. The van der Waals surface area contributed by atoms with Crippen molar-refractivity contribution in [2.75, 3.05) is 16.2 Å². The number of anilines is 2. The highest BCUT2D eigenvalue weighted by molar-refractivity contribution is 7.92. The molecule has 4 aromatic rings. The van der Waals surface area contributed by atoms with Crippen molar-refractivity contribution in [3.05, 3.63) is 102 Å². The molecule has 9 heteroatoms. The second-order valence-electron chi connectivity index (χ2n) is 8.12. The first kappa shape index (κ1) is 22.7. The highest BCUT2D eigenvalue weighted by Gasteiger charge is 2.38. The summed E-state index contributed by atoms with van der Waals surface area (Å²) in [5, 5.41) is 4.06. The number of hydrogen-bond acceptors (Lipinski definition) is 5. The molecule has 0 atom stereocenters. The summed E-state index contributed by atoms with van der Waals surface area (Å²) < 4.78 is 49.4. The van der Waals surface area contributed by atoms with Crippen LogP contribution in [0.15, 0.2) is 84.9 Å². The van der Waals surface area contributed by atoms with Crippen LogP contribution in [-0.2, 0) is 28.2 Å². The highest BCUT2D eigenvalue weighted by Crippen LogP contribution is 2.40. The predicted molar refractivity (Wildman–Crippen MR) is 133 cm³/mol. The number of hydrogen-bond donors (Lipinski definition) is 2. The van der Waals surface area contributed by atoms with Crippen LogP contribution in [0, 0.1) is 5.82 Å². The minimum Gasteiger partial charge on any atom is -0.487 e. The third kappa shape index (κ3) is 4.76. The summed E-state index contributed by atoms with van der Waals surface area (Å²) in [6.07, 6.45) is 0. The molecule has 4 aromatic carbocycles. The van der Waals surface area contributed by atoms with Crippen molar-refractivity contribution in [2.24, 2.45) is 0 Å². The molecule has 1 heterocycles. The zero-order valence-electron chi connectivity index (χ0n) is 18.6. The average Bonchev–Trinajstić information content (AvgIpc) is 3.13.